The summed E-state index contributed by atoms with van der Waals surface area (Å²) in [4.78, 5) is 1.19. The van der Waals surface area contributed by atoms with Gasteiger partial charge in [0.2, 0.25) is 0 Å². The van der Waals surface area contributed by atoms with E-state index in [0.717, 1.165) is 28.0 Å². The monoisotopic (exact) mass is 355 g/mol. The number of benzene rings is 1. The Morgan fingerprint density at radius 1 is 1.30 bits per heavy atom. The van der Waals surface area contributed by atoms with Crippen LogP contribution in [0.2, 0.25) is 0 Å². The van der Waals surface area contributed by atoms with E-state index in [1.165, 1.54) is 4.88 Å². The van der Waals surface area contributed by atoms with Crippen molar-refractivity contribution < 1.29 is 9.47 Å². The number of ether oxygens (including phenoxy) is 2. The third-order valence-electron chi connectivity index (χ3n) is 2.74. The van der Waals surface area contributed by atoms with Crippen molar-refractivity contribution >= 4 is 27.3 Å². The predicted octanol–water partition coefficient (Wildman–Crippen LogP) is 3.99. The van der Waals surface area contributed by atoms with Gasteiger partial charge in [-0.25, -0.2) is 0 Å². The lowest BCUT2D eigenvalue weighted by Crippen LogP contribution is -2.05. The Balaban J connectivity index is 2.20. The van der Waals surface area contributed by atoms with E-state index in [4.69, 9.17) is 15.2 Å². The van der Waals surface area contributed by atoms with Gasteiger partial charge in [-0.3, -0.25) is 0 Å². The van der Waals surface area contributed by atoms with Gasteiger partial charge in [0.15, 0.2) is 11.5 Å². The molecule has 0 fully saturated rings. The zero-order valence-corrected chi connectivity index (χ0v) is 13.8. The van der Waals surface area contributed by atoms with Gasteiger partial charge in [-0.2, -0.15) is 0 Å². The first-order valence-electron chi connectivity index (χ1n) is 6.55. The van der Waals surface area contributed by atoms with Crippen LogP contribution in [0.4, 0.5) is 0 Å². The molecule has 2 aromatic rings. The second kappa shape index (κ2) is 7.67. The maximum atomic E-state index is 5.91. The molecule has 108 valence electrons. The molecule has 0 aliphatic rings. The average molecular weight is 356 g/mol. The molecule has 0 aliphatic heterocycles. The molecule has 20 heavy (non-hydrogen) atoms. The summed E-state index contributed by atoms with van der Waals surface area (Å²) in [6, 6.07) is 8.12. The van der Waals surface area contributed by atoms with E-state index in [9.17, 15) is 0 Å². The van der Waals surface area contributed by atoms with E-state index in [1.807, 2.05) is 30.5 Å². The topological polar surface area (TPSA) is 44.5 Å². The molecule has 1 heterocycles. The highest BCUT2D eigenvalue weighted by molar-refractivity contribution is 9.10. The fourth-order valence-corrected chi connectivity index (χ4v) is 3.09. The molecule has 0 aliphatic carbocycles. The van der Waals surface area contributed by atoms with Crippen LogP contribution in [0.25, 0.3) is 0 Å². The maximum absolute atomic E-state index is 5.91. The maximum Gasteiger partial charge on any atom is 0.175 e. The predicted molar refractivity (Wildman–Crippen MR) is 86.7 cm³/mol. The van der Waals surface area contributed by atoms with Crippen LogP contribution in [-0.4, -0.2) is 13.2 Å². The van der Waals surface area contributed by atoms with Crippen molar-refractivity contribution in [3.05, 3.63) is 44.6 Å². The molecular weight excluding hydrogens is 338 g/mol. The third kappa shape index (κ3) is 3.98. The quantitative estimate of drug-likeness (QED) is 0.816. The van der Waals surface area contributed by atoms with Crippen molar-refractivity contribution in [3.63, 3.8) is 0 Å². The molecule has 0 atom stereocenters. The van der Waals surface area contributed by atoms with Crippen molar-refractivity contribution in [3.8, 4) is 11.5 Å². The molecular formula is C15H18BrNO2S. The Morgan fingerprint density at radius 2 is 2.15 bits per heavy atom. The highest BCUT2D eigenvalue weighted by Crippen LogP contribution is 2.37. The Bertz CT molecular complexity index is 543. The van der Waals surface area contributed by atoms with Gasteiger partial charge in [-0.05, 0) is 65.0 Å². The number of halogens is 1. The van der Waals surface area contributed by atoms with E-state index in [2.05, 4.69) is 22.0 Å². The molecule has 1 aromatic carbocycles. The van der Waals surface area contributed by atoms with Crippen molar-refractivity contribution in [2.75, 3.05) is 13.2 Å². The van der Waals surface area contributed by atoms with Crippen LogP contribution >= 0.6 is 27.3 Å². The van der Waals surface area contributed by atoms with Crippen molar-refractivity contribution in [1.29, 1.82) is 0 Å². The molecule has 0 saturated carbocycles. The summed E-state index contributed by atoms with van der Waals surface area (Å²) in [5.74, 6) is 1.52. The zero-order valence-electron chi connectivity index (χ0n) is 11.4. The van der Waals surface area contributed by atoms with Gasteiger partial charge in [0.1, 0.15) is 6.61 Å². The highest BCUT2D eigenvalue weighted by atomic mass is 79.9. The molecule has 0 unspecified atom stereocenters. The summed E-state index contributed by atoms with van der Waals surface area (Å²) >= 11 is 5.24. The van der Waals surface area contributed by atoms with Crippen LogP contribution in [0.5, 0.6) is 11.5 Å². The molecule has 3 nitrogen and oxygen atoms in total. The highest BCUT2D eigenvalue weighted by Gasteiger charge is 2.12. The molecule has 0 saturated heterocycles. The Kier molecular flexibility index (Phi) is 5.88. The van der Waals surface area contributed by atoms with Crippen LogP contribution in [0.15, 0.2) is 34.1 Å². The smallest absolute Gasteiger partial charge is 0.175 e. The molecule has 2 rings (SSSR count). The van der Waals surface area contributed by atoms with Crippen LogP contribution in [-0.2, 0) is 13.0 Å². The minimum Gasteiger partial charge on any atom is -0.490 e. The largest absolute Gasteiger partial charge is 0.490 e. The summed E-state index contributed by atoms with van der Waals surface area (Å²) in [5, 5.41) is 2.04. The number of hydrogen-bond acceptors (Lipinski definition) is 4. The van der Waals surface area contributed by atoms with Gasteiger partial charge in [0, 0.05) is 4.88 Å². The minimum atomic E-state index is 0.548. The van der Waals surface area contributed by atoms with Gasteiger partial charge in [0.05, 0.1) is 11.1 Å². The summed E-state index contributed by atoms with van der Waals surface area (Å²) in [6.07, 6.45) is 0.823. The van der Waals surface area contributed by atoms with E-state index in [1.54, 1.807) is 11.3 Å². The van der Waals surface area contributed by atoms with Gasteiger partial charge in [-0.1, -0.05) is 6.07 Å². The van der Waals surface area contributed by atoms with Gasteiger partial charge in [-0.15, -0.1) is 11.3 Å². The second-order valence-electron chi connectivity index (χ2n) is 4.24. The number of nitrogens with two attached hydrogens (primary N) is 1. The summed E-state index contributed by atoms with van der Waals surface area (Å²) in [6.45, 7) is 3.74. The van der Waals surface area contributed by atoms with Gasteiger partial charge in [0.25, 0.3) is 0 Å². The van der Waals surface area contributed by atoms with Crippen molar-refractivity contribution in [2.45, 2.75) is 20.0 Å². The third-order valence-corrected chi connectivity index (χ3v) is 4.18. The number of hydrogen-bond donors (Lipinski definition) is 1. The molecule has 1 aromatic heterocycles. The number of thiophene rings is 1. The average Bonchev–Trinajstić information content (AvgIpc) is 2.92. The first-order chi connectivity index (χ1) is 9.74. The lowest BCUT2D eigenvalue weighted by Gasteiger charge is -2.15. The van der Waals surface area contributed by atoms with Crippen LogP contribution in [0.1, 0.15) is 17.4 Å². The van der Waals surface area contributed by atoms with Crippen molar-refractivity contribution in [2.24, 2.45) is 5.73 Å². The normalized spacial score (nSPS) is 10.6. The lowest BCUT2D eigenvalue weighted by molar-refractivity contribution is 0.269. The van der Waals surface area contributed by atoms with E-state index in [-0.39, 0.29) is 0 Å². The van der Waals surface area contributed by atoms with Gasteiger partial charge < -0.3 is 15.2 Å². The lowest BCUT2D eigenvalue weighted by atomic mass is 10.1. The summed E-state index contributed by atoms with van der Waals surface area (Å²) < 4.78 is 12.5. The standard InChI is InChI=1S/C15H18BrNO2S/c1-2-18-14-9-11(5-6-17)8-13(16)15(14)19-10-12-4-3-7-20-12/h3-4,7-9H,2,5-6,10,17H2,1H3. The molecule has 2 N–H and O–H groups in total. The first-order valence-corrected chi connectivity index (χ1v) is 8.22. The van der Waals surface area contributed by atoms with E-state index in [0.29, 0.717) is 19.8 Å². The van der Waals surface area contributed by atoms with E-state index >= 15 is 0 Å². The Labute approximate surface area is 131 Å². The van der Waals surface area contributed by atoms with Crippen LogP contribution in [0.3, 0.4) is 0 Å². The van der Waals surface area contributed by atoms with Crippen LogP contribution in [0, 0.1) is 0 Å². The zero-order chi connectivity index (χ0) is 14.4. The number of rotatable bonds is 7. The first kappa shape index (κ1) is 15.4. The molecule has 5 heteroatoms. The summed E-state index contributed by atoms with van der Waals surface area (Å²) in [5.41, 5.74) is 6.75. The molecule has 0 amide bonds. The molecule has 0 radical (unpaired) electrons. The Morgan fingerprint density at radius 3 is 2.80 bits per heavy atom. The van der Waals surface area contributed by atoms with Crippen LogP contribution < -0.4 is 15.2 Å². The van der Waals surface area contributed by atoms with Gasteiger partial charge >= 0.3 is 0 Å². The molecule has 0 bridgehead atoms. The second-order valence-corrected chi connectivity index (χ2v) is 6.13. The molecule has 0 spiro atoms. The Hall–Kier alpha value is -1.04. The summed E-state index contributed by atoms with van der Waals surface area (Å²) in [7, 11) is 0. The minimum absolute atomic E-state index is 0.548. The fourth-order valence-electron chi connectivity index (χ4n) is 1.87. The SMILES string of the molecule is CCOc1cc(CCN)cc(Br)c1OCc1cccs1. The fraction of sp³-hybridized carbons (Fsp3) is 0.333. The van der Waals surface area contributed by atoms with E-state index < -0.39 is 0 Å². The van der Waals surface area contributed by atoms with Crippen molar-refractivity contribution in [1.82, 2.24) is 0 Å².